The molecule has 2 rings (SSSR count). The normalized spacial score (nSPS) is 10.2. The molecule has 0 aromatic heterocycles. The predicted molar refractivity (Wildman–Crippen MR) is 72.2 cm³/mol. The highest BCUT2D eigenvalue weighted by molar-refractivity contribution is 5.43. The van der Waals surface area contributed by atoms with Crippen molar-refractivity contribution in [3.8, 4) is 11.5 Å². The maximum absolute atomic E-state index is 10.7. The van der Waals surface area contributed by atoms with E-state index in [1.54, 1.807) is 12.1 Å². The van der Waals surface area contributed by atoms with Gasteiger partial charge in [0.2, 0.25) is 0 Å². The fourth-order valence-corrected chi connectivity index (χ4v) is 1.67. The number of hydrogen-bond donors (Lipinski definition) is 1. The van der Waals surface area contributed by atoms with Gasteiger partial charge in [-0.1, -0.05) is 18.2 Å². The second-order valence-electron chi connectivity index (χ2n) is 4.16. The van der Waals surface area contributed by atoms with Gasteiger partial charge in [-0.15, -0.1) is 0 Å². The average molecular weight is 258 g/mol. The lowest BCUT2D eigenvalue weighted by Crippen LogP contribution is -1.97. The number of rotatable bonds is 4. The Balaban J connectivity index is 2.30. The summed E-state index contributed by atoms with van der Waals surface area (Å²) in [6.07, 6.45) is 0. The molecule has 0 saturated carbocycles. The second-order valence-corrected chi connectivity index (χ2v) is 4.16. The summed E-state index contributed by atoms with van der Waals surface area (Å²) in [4.78, 5) is 10.3. The summed E-state index contributed by atoms with van der Waals surface area (Å²) < 4.78 is 5.68. The first-order chi connectivity index (χ1) is 9.10. The summed E-state index contributed by atoms with van der Waals surface area (Å²) in [7, 11) is 0. The van der Waals surface area contributed by atoms with Crippen LogP contribution in [-0.2, 0) is 6.54 Å². The molecular formula is C14H14N2O3. The molecule has 5 heteroatoms. The summed E-state index contributed by atoms with van der Waals surface area (Å²) in [6.45, 7) is 2.33. The van der Waals surface area contributed by atoms with E-state index in [-0.39, 0.29) is 5.69 Å². The van der Waals surface area contributed by atoms with Crippen molar-refractivity contribution in [1.29, 1.82) is 0 Å². The number of benzene rings is 2. The van der Waals surface area contributed by atoms with Gasteiger partial charge in [-0.05, 0) is 30.2 Å². The molecule has 0 spiro atoms. The Labute approximate surface area is 110 Å². The average Bonchev–Trinajstić information content (AvgIpc) is 2.41. The third-order valence-electron chi connectivity index (χ3n) is 2.74. The summed E-state index contributed by atoms with van der Waals surface area (Å²) in [5.74, 6) is 1.09. The lowest BCUT2D eigenvalue weighted by Gasteiger charge is -2.10. The van der Waals surface area contributed by atoms with Crippen molar-refractivity contribution in [1.82, 2.24) is 0 Å². The molecule has 0 aliphatic rings. The molecule has 0 atom stereocenters. The van der Waals surface area contributed by atoms with Gasteiger partial charge < -0.3 is 10.5 Å². The van der Waals surface area contributed by atoms with Crippen LogP contribution in [-0.4, -0.2) is 4.92 Å². The molecule has 0 aliphatic carbocycles. The number of nitrogens with zero attached hydrogens (tertiary/aromatic N) is 1. The molecule has 0 heterocycles. The molecule has 2 N–H and O–H groups in total. The Kier molecular flexibility index (Phi) is 3.77. The molecule has 0 fully saturated rings. The van der Waals surface area contributed by atoms with Gasteiger partial charge in [-0.2, -0.15) is 0 Å². The number of non-ortho nitro benzene ring substituents is 1. The van der Waals surface area contributed by atoms with Crippen molar-refractivity contribution in [3.63, 3.8) is 0 Å². The third-order valence-corrected chi connectivity index (χ3v) is 2.74. The molecule has 0 saturated heterocycles. The first kappa shape index (κ1) is 13.0. The fraction of sp³-hybridized carbons (Fsp3) is 0.143. The molecular weight excluding hydrogens is 244 g/mol. The Hall–Kier alpha value is -2.40. The SMILES string of the molecule is Cc1ccc(CN)cc1Oc1cccc([N+](=O)[O-])c1. The number of nitrogens with two attached hydrogens (primary N) is 1. The highest BCUT2D eigenvalue weighted by atomic mass is 16.6. The molecule has 2 aromatic carbocycles. The van der Waals surface area contributed by atoms with Crippen LogP contribution in [0.3, 0.4) is 0 Å². The van der Waals surface area contributed by atoms with E-state index in [1.165, 1.54) is 12.1 Å². The lowest BCUT2D eigenvalue weighted by atomic mass is 10.1. The molecule has 0 amide bonds. The van der Waals surface area contributed by atoms with E-state index in [2.05, 4.69) is 0 Å². The van der Waals surface area contributed by atoms with Gasteiger partial charge in [0.05, 0.1) is 11.0 Å². The molecule has 19 heavy (non-hydrogen) atoms. The Morgan fingerprint density at radius 3 is 2.74 bits per heavy atom. The molecule has 5 nitrogen and oxygen atoms in total. The Morgan fingerprint density at radius 2 is 2.05 bits per heavy atom. The fourth-order valence-electron chi connectivity index (χ4n) is 1.67. The zero-order chi connectivity index (χ0) is 13.8. The molecule has 2 aromatic rings. The van der Waals surface area contributed by atoms with E-state index in [1.807, 2.05) is 25.1 Å². The van der Waals surface area contributed by atoms with Crippen LogP contribution < -0.4 is 10.5 Å². The van der Waals surface area contributed by atoms with Gasteiger partial charge in [0.15, 0.2) is 0 Å². The second kappa shape index (κ2) is 5.49. The molecule has 0 unspecified atom stereocenters. The topological polar surface area (TPSA) is 78.4 Å². The van der Waals surface area contributed by atoms with Crippen molar-refractivity contribution >= 4 is 5.69 Å². The first-order valence-electron chi connectivity index (χ1n) is 5.82. The van der Waals surface area contributed by atoms with Gasteiger partial charge in [0.1, 0.15) is 11.5 Å². The minimum absolute atomic E-state index is 0.00475. The van der Waals surface area contributed by atoms with Crippen LogP contribution in [0.4, 0.5) is 5.69 Å². The summed E-state index contributed by atoms with van der Waals surface area (Å²) in [6, 6.07) is 11.8. The quantitative estimate of drug-likeness (QED) is 0.675. The van der Waals surface area contributed by atoms with Crippen LogP contribution in [0.25, 0.3) is 0 Å². The van der Waals surface area contributed by atoms with Crippen molar-refractivity contribution in [2.45, 2.75) is 13.5 Å². The van der Waals surface area contributed by atoms with Gasteiger partial charge in [0.25, 0.3) is 5.69 Å². The minimum atomic E-state index is -0.448. The number of nitro benzene ring substituents is 1. The zero-order valence-electron chi connectivity index (χ0n) is 10.5. The summed E-state index contributed by atoms with van der Waals surface area (Å²) in [5.41, 5.74) is 7.48. The van der Waals surface area contributed by atoms with Gasteiger partial charge in [-0.3, -0.25) is 10.1 Å². The highest BCUT2D eigenvalue weighted by Gasteiger charge is 2.08. The van der Waals surface area contributed by atoms with Crippen LogP contribution in [0.2, 0.25) is 0 Å². The predicted octanol–water partition coefficient (Wildman–Crippen LogP) is 3.15. The minimum Gasteiger partial charge on any atom is -0.457 e. The third kappa shape index (κ3) is 3.08. The number of aryl methyl sites for hydroxylation is 1. The van der Waals surface area contributed by atoms with Crippen LogP contribution in [0.15, 0.2) is 42.5 Å². The smallest absolute Gasteiger partial charge is 0.273 e. The summed E-state index contributed by atoms with van der Waals surface area (Å²) in [5, 5.41) is 10.7. The van der Waals surface area contributed by atoms with Gasteiger partial charge >= 0.3 is 0 Å². The Morgan fingerprint density at radius 1 is 1.26 bits per heavy atom. The highest BCUT2D eigenvalue weighted by Crippen LogP contribution is 2.28. The van der Waals surface area contributed by atoms with Crippen molar-refractivity contribution in [2.75, 3.05) is 0 Å². The van der Waals surface area contributed by atoms with E-state index in [4.69, 9.17) is 10.5 Å². The van der Waals surface area contributed by atoms with Crippen LogP contribution >= 0.6 is 0 Å². The van der Waals surface area contributed by atoms with Crippen LogP contribution in [0, 0.1) is 17.0 Å². The maximum atomic E-state index is 10.7. The molecule has 0 radical (unpaired) electrons. The maximum Gasteiger partial charge on any atom is 0.273 e. The molecule has 98 valence electrons. The zero-order valence-corrected chi connectivity index (χ0v) is 10.5. The Bertz CT molecular complexity index is 611. The number of ether oxygens (including phenoxy) is 1. The van der Waals surface area contributed by atoms with Crippen LogP contribution in [0.1, 0.15) is 11.1 Å². The van der Waals surface area contributed by atoms with E-state index in [9.17, 15) is 10.1 Å². The van der Waals surface area contributed by atoms with Gasteiger partial charge in [0, 0.05) is 12.6 Å². The molecule has 0 bridgehead atoms. The van der Waals surface area contributed by atoms with Crippen molar-refractivity contribution < 1.29 is 9.66 Å². The number of nitro groups is 1. The van der Waals surface area contributed by atoms with E-state index in [0.717, 1.165) is 11.1 Å². The standard InChI is InChI=1S/C14H14N2O3/c1-10-5-6-11(9-15)7-14(10)19-13-4-2-3-12(8-13)16(17)18/h2-8H,9,15H2,1H3. The largest absolute Gasteiger partial charge is 0.457 e. The lowest BCUT2D eigenvalue weighted by molar-refractivity contribution is -0.384. The molecule has 0 aliphatic heterocycles. The first-order valence-corrected chi connectivity index (χ1v) is 5.82. The van der Waals surface area contributed by atoms with Crippen molar-refractivity contribution in [2.24, 2.45) is 5.73 Å². The van der Waals surface area contributed by atoms with Crippen LogP contribution in [0.5, 0.6) is 11.5 Å². The monoisotopic (exact) mass is 258 g/mol. The van der Waals surface area contributed by atoms with E-state index < -0.39 is 4.92 Å². The summed E-state index contributed by atoms with van der Waals surface area (Å²) >= 11 is 0. The number of hydrogen-bond acceptors (Lipinski definition) is 4. The van der Waals surface area contributed by atoms with E-state index in [0.29, 0.717) is 18.0 Å². The van der Waals surface area contributed by atoms with Crippen molar-refractivity contribution in [3.05, 3.63) is 63.7 Å². The van der Waals surface area contributed by atoms with Gasteiger partial charge in [-0.25, -0.2) is 0 Å². The van der Waals surface area contributed by atoms with E-state index >= 15 is 0 Å².